The fourth-order valence-electron chi connectivity index (χ4n) is 3.21. The van der Waals surface area contributed by atoms with E-state index in [1.54, 1.807) is 31.3 Å². The topological polar surface area (TPSA) is 56.0 Å². The lowest BCUT2D eigenvalue weighted by atomic mass is 10.1. The van der Waals surface area contributed by atoms with Crippen LogP contribution in [0.2, 0.25) is 0 Å². The summed E-state index contributed by atoms with van der Waals surface area (Å²) in [6.07, 6.45) is 1.39. The van der Waals surface area contributed by atoms with Gasteiger partial charge in [-0.05, 0) is 29.3 Å². The molecule has 1 unspecified atom stereocenters. The molecule has 0 spiro atoms. The Labute approximate surface area is 165 Å². The van der Waals surface area contributed by atoms with E-state index in [0.717, 1.165) is 17.0 Å². The van der Waals surface area contributed by atoms with Crippen LogP contribution >= 0.6 is 0 Å². The van der Waals surface area contributed by atoms with Gasteiger partial charge in [0.15, 0.2) is 11.6 Å². The van der Waals surface area contributed by atoms with Crippen LogP contribution in [0, 0.1) is 23.5 Å². The van der Waals surface area contributed by atoms with Crippen LogP contribution in [-0.2, 0) is 4.79 Å². The van der Waals surface area contributed by atoms with Crippen molar-refractivity contribution >= 4 is 29.8 Å². The monoisotopic (exact) mass is 393 g/mol. The molecule has 0 bridgehead atoms. The number of benzene rings is 2. The highest BCUT2D eigenvalue weighted by Crippen LogP contribution is 2.30. The van der Waals surface area contributed by atoms with E-state index >= 15 is 0 Å². The number of nitrogens with zero attached hydrogens (tertiary/aromatic N) is 4. The number of hydrogen-bond donors (Lipinski definition) is 0. The minimum absolute atomic E-state index is 0.0893. The average Bonchev–Trinajstić information content (AvgIpc) is 3.09. The molecule has 6 nitrogen and oxygen atoms in total. The number of carbonyl (C=O) groups is 2. The number of anilines is 1. The van der Waals surface area contributed by atoms with Gasteiger partial charge in [-0.25, -0.2) is 23.1 Å². The second kappa shape index (κ2) is 6.95. The zero-order chi connectivity index (χ0) is 20.7. The Bertz CT molecular complexity index is 1140. The van der Waals surface area contributed by atoms with Gasteiger partial charge in [0, 0.05) is 18.2 Å². The molecule has 4 rings (SSSR count). The molecule has 29 heavy (non-hydrogen) atoms. The van der Waals surface area contributed by atoms with Crippen LogP contribution in [0.25, 0.3) is 0 Å². The van der Waals surface area contributed by atoms with Crippen molar-refractivity contribution in [1.29, 1.82) is 0 Å². The summed E-state index contributed by atoms with van der Waals surface area (Å²) in [5.74, 6) is 2.83. The molecule has 2 aromatic carbocycles. The predicted molar refractivity (Wildman–Crippen MR) is 103 cm³/mol. The molecule has 0 N–H and O–H groups in total. The Kier molecular flexibility index (Phi) is 4.43. The number of likely N-dealkylation sites (N-methyl/N-ethyl adjacent to an activating group) is 2. The van der Waals surface area contributed by atoms with Gasteiger partial charge in [0.05, 0.1) is 7.05 Å². The van der Waals surface area contributed by atoms with Crippen molar-refractivity contribution in [1.82, 2.24) is 4.90 Å². The smallest absolute Gasteiger partial charge is 0.268 e. The summed E-state index contributed by atoms with van der Waals surface area (Å²) in [5, 5.41) is 0. The van der Waals surface area contributed by atoms with Crippen LogP contribution in [0.15, 0.2) is 47.5 Å². The number of urea groups is 1. The molecule has 144 valence electrons. The standard InChI is InChI=1S/C21H15F2N4O2/c1-25-12-24-19-18(25)20(28)27(21(29)26(19)2)17-15(22)10-14(11-16(17)23)9-8-13-6-4-3-5-7-13/h3-7,10-12,18H,1-2H3/q+1. The fourth-order valence-corrected chi connectivity index (χ4v) is 3.21. The Hall–Kier alpha value is -3.86. The van der Waals surface area contributed by atoms with Gasteiger partial charge < -0.3 is 0 Å². The largest absolute Gasteiger partial charge is 0.338 e. The summed E-state index contributed by atoms with van der Waals surface area (Å²) >= 11 is 0. The van der Waals surface area contributed by atoms with Crippen LogP contribution in [0.4, 0.5) is 19.3 Å². The molecule has 1 saturated heterocycles. The van der Waals surface area contributed by atoms with E-state index in [4.69, 9.17) is 0 Å². The number of imide groups is 1. The van der Waals surface area contributed by atoms with Gasteiger partial charge in [-0.1, -0.05) is 30.0 Å². The number of aliphatic imine (C=N–C) groups is 1. The van der Waals surface area contributed by atoms with E-state index in [1.807, 2.05) is 6.07 Å². The number of carbonyl (C=O) groups excluding carboxylic acids is 2. The van der Waals surface area contributed by atoms with Crippen LogP contribution in [-0.4, -0.2) is 53.7 Å². The second-order valence-corrected chi connectivity index (χ2v) is 6.59. The van der Waals surface area contributed by atoms with Gasteiger partial charge in [0.2, 0.25) is 0 Å². The molecule has 2 aliphatic rings. The normalized spacial score (nSPS) is 18.1. The lowest BCUT2D eigenvalue weighted by Gasteiger charge is -2.32. The molecule has 2 aromatic rings. The molecular weight excluding hydrogens is 378 g/mol. The Morgan fingerprint density at radius 1 is 1.03 bits per heavy atom. The van der Waals surface area contributed by atoms with E-state index in [0.29, 0.717) is 10.5 Å². The first-order valence-electron chi connectivity index (χ1n) is 8.69. The quantitative estimate of drug-likeness (QED) is 0.551. The average molecular weight is 393 g/mol. The lowest BCUT2D eigenvalue weighted by Crippen LogP contribution is -2.63. The van der Waals surface area contributed by atoms with Crippen molar-refractivity contribution < 1.29 is 22.9 Å². The van der Waals surface area contributed by atoms with E-state index in [2.05, 4.69) is 16.8 Å². The minimum Gasteiger partial charge on any atom is -0.268 e. The molecule has 1 atom stereocenters. The molecular formula is C21H15F2N4O2+. The van der Waals surface area contributed by atoms with Crippen LogP contribution in [0.1, 0.15) is 11.1 Å². The highest BCUT2D eigenvalue weighted by molar-refractivity contribution is 6.31. The molecule has 3 amide bonds. The first-order chi connectivity index (χ1) is 13.9. The SMILES string of the molecule is CN1C(=O)N(c2c(F)cc(C#Cc3ccccc3)cc2F)C(=O)C2C1=NC=[N+]2C. The number of rotatable bonds is 1. The highest BCUT2D eigenvalue weighted by Gasteiger charge is 2.52. The Morgan fingerprint density at radius 3 is 2.31 bits per heavy atom. The number of amides is 3. The van der Waals surface area contributed by atoms with Crippen molar-refractivity contribution in [3.05, 3.63) is 65.2 Å². The van der Waals surface area contributed by atoms with Gasteiger partial charge in [0.1, 0.15) is 5.69 Å². The number of halogens is 2. The van der Waals surface area contributed by atoms with E-state index < -0.39 is 35.3 Å². The van der Waals surface area contributed by atoms with Crippen molar-refractivity contribution in [3.8, 4) is 11.8 Å². The van der Waals surface area contributed by atoms with Gasteiger partial charge in [-0.15, -0.1) is 0 Å². The number of hydrogen-bond acceptors (Lipinski definition) is 3. The predicted octanol–water partition coefficient (Wildman–Crippen LogP) is 2.21. The number of fused-ring (bicyclic) bond motifs is 1. The van der Waals surface area contributed by atoms with Crippen LogP contribution in [0.5, 0.6) is 0 Å². The third-order valence-corrected chi connectivity index (χ3v) is 4.67. The summed E-state index contributed by atoms with van der Waals surface area (Å²) in [5.41, 5.74) is 0.0515. The molecule has 2 aliphatic heterocycles. The zero-order valence-corrected chi connectivity index (χ0v) is 15.6. The van der Waals surface area contributed by atoms with Crippen LogP contribution < -0.4 is 4.90 Å². The maximum atomic E-state index is 14.8. The minimum atomic E-state index is -1.05. The van der Waals surface area contributed by atoms with Crippen molar-refractivity contribution in [2.45, 2.75) is 6.04 Å². The second-order valence-electron chi connectivity index (χ2n) is 6.59. The third kappa shape index (κ3) is 3.06. The van der Waals surface area contributed by atoms with Crippen LogP contribution in [0.3, 0.4) is 0 Å². The molecule has 8 heteroatoms. The summed E-state index contributed by atoms with van der Waals surface area (Å²) in [4.78, 5) is 31.1. The molecule has 1 fully saturated rings. The van der Waals surface area contributed by atoms with Gasteiger partial charge in [-0.3, -0.25) is 9.69 Å². The fraction of sp³-hybridized carbons (Fsp3) is 0.143. The van der Waals surface area contributed by atoms with E-state index in [-0.39, 0.29) is 11.4 Å². The van der Waals surface area contributed by atoms with Gasteiger partial charge >= 0.3 is 6.03 Å². The summed E-state index contributed by atoms with van der Waals surface area (Å²) < 4.78 is 31.1. The van der Waals surface area contributed by atoms with Crippen molar-refractivity contribution in [2.24, 2.45) is 4.99 Å². The first-order valence-corrected chi connectivity index (χ1v) is 8.69. The molecule has 0 aromatic heterocycles. The van der Waals surface area contributed by atoms with Crippen molar-refractivity contribution in [2.75, 3.05) is 19.0 Å². The Balaban J connectivity index is 1.73. The highest BCUT2D eigenvalue weighted by atomic mass is 19.1. The third-order valence-electron chi connectivity index (χ3n) is 4.67. The maximum absolute atomic E-state index is 14.8. The Morgan fingerprint density at radius 2 is 1.66 bits per heavy atom. The summed E-state index contributed by atoms with van der Waals surface area (Å²) in [7, 11) is 2.99. The molecule has 2 heterocycles. The van der Waals surface area contributed by atoms with E-state index in [9.17, 15) is 18.4 Å². The molecule has 0 aliphatic carbocycles. The zero-order valence-electron chi connectivity index (χ0n) is 15.6. The molecule has 0 radical (unpaired) electrons. The first kappa shape index (κ1) is 18.5. The maximum Gasteiger partial charge on any atom is 0.338 e. The van der Waals surface area contributed by atoms with E-state index in [1.165, 1.54) is 18.0 Å². The van der Waals surface area contributed by atoms with Gasteiger partial charge in [0.25, 0.3) is 24.1 Å². The molecule has 0 saturated carbocycles. The summed E-state index contributed by atoms with van der Waals surface area (Å²) in [6.45, 7) is 0. The lowest BCUT2D eigenvalue weighted by molar-refractivity contribution is -0.499. The van der Waals surface area contributed by atoms with Crippen molar-refractivity contribution in [3.63, 3.8) is 0 Å². The summed E-state index contributed by atoms with van der Waals surface area (Å²) in [6, 6.07) is 9.17. The van der Waals surface area contributed by atoms with Gasteiger partial charge in [-0.2, -0.15) is 0 Å². The number of amidine groups is 1.